The van der Waals surface area contributed by atoms with Crippen LogP contribution in [0.25, 0.3) is 11.0 Å². The Kier molecular flexibility index (Phi) is 2.97. The van der Waals surface area contributed by atoms with Crippen molar-refractivity contribution in [3.05, 3.63) is 51.9 Å². The van der Waals surface area contributed by atoms with Crippen LogP contribution in [0.5, 0.6) is 0 Å². The lowest BCUT2D eigenvalue weighted by molar-refractivity contribution is 0.416. The summed E-state index contributed by atoms with van der Waals surface area (Å²) in [5, 5.41) is 11.5. The van der Waals surface area contributed by atoms with E-state index in [1.165, 1.54) is 16.9 Å². The Bertz CT molecular complexity index is 946. The molecule has 1 saturated carbocycles. The van der Waals surface area contributed by atoms with Gasteiger partial charge in [0.1, 0.15) is 23.3 Å². The van der Waals surface area contributed by atoms with Gasteiger partial charge in [-0.15, -0.1) is 5.10 Å². The Morgan fingerprint density at radius 2 is 1.96 bits per heavy atom. The van der Waals surface area contributed by atoms with Crippen molar-refractivity contribution in [2.75, 3.05) is 0 Å². The molecule has 0 aliphatic heterocycles. The Hall–Kier alpha value is -2.71. The summed E-state index contributed by atoms with van der Waals surface area (Å²) < 4.78 is 42.6. The van der Waals surface area contributed by atoms with Gasteiger partial charge in [0.2, 0.25) is 0 Å². The average Bonchev–Trinajstić information content (AvgIpc) is 3.08. The molecule has 0 unspecified atom stereocenters. The summed E-state index contributed by atoms with van der Waals surface area (Å²) in [6.07, 6.45) is 0.495. The first kappa shape index (κ1) is 13.9. The smallest absolute Gasteiger partial charge is 0.265 e. The van der Waals surface area contributed by atoms with Crippen LogP contribution in [-0.4, -0.2) is 30.9 Å². The van der Waals surface area contributed by atoms with Gasteiger partial charge in [-0.1, -0.05) is 11.3 Å². The molecule has 118 valence electrons. The summed E-state index contributed by atoms with van der Waals surface area (Å²) in [6, 6.07) is 2.95. The predicted octanol–water partition coefficient (Wildman–Crippen LogP) is 1.60. The van der Waals surface area contributed by atoms with Crippen LogP contribution in [0.4, 0.5) is 13.2 Å². The van der Waals surface area contributed by atoms with Crippen LogP contribution in [-0.2, 0) is 6.54 Å². The number of rotatable bonds is 3. The van der Waals surface area contributed by atoms with Crippen LogP contribution in [0.1, 0.15) is 18.0 Å². The maximum Gasteiger partial charge on any atom is 0.298 e. The van der Waals surface area contributed by atoms with Crippen LogP contribution >= 0.6 is 0 Å². The first-order chi connectivity index (χ1) is 11.0. The number of alkyl halides is 1. The first-order valence-electron chi connectivity index (χ1n) is 6.94. The Balaban J connectivity index is 1.75. The molecule has 6 nitrogen and oxygen atoms in total. The molecule has 1 aliphatic rings. The zero-order valence-electron chi connectivity index (χ0n) is 11.7. The molecule has 1 aromatic carbocycles. The number of benzene rings is 1. The van der Waals surface area contributed by atoms with E-state index in [1.807, 2.05) is 0 Å². The van der Waals surface area contributed by atoms with Crippen LogP contribution < -0.4 is 5.56 Å². The number of fused-ring (bicyclic) bond motifs is 1. The molecule has 0 amide bonds. The van der Waals surface area contributed by atoms with Gasteiger partial charge in [-0.2, -0.15) is 5.10 Å². The van der Waals surface area contributed by atoms with Crippen molar-refractivity contribution >= 4 is 11.0 Å². The third-order valence-electron chi connectivity index (χ3n) is 3.78. The second kappa shape index (κ2) is 4.90. The fourth-order valence-corrected chi connectivity index (χ4v) is 2.43. The standard InChI is InChI=1S/C14H10F3N5O/c15-8-2-1-3-9(16)7(8)5-21-6-11-13(19-21)14(23)22(20-18-11)12-4-10(12)17/h1-3,6,10,12H,4-5H2/t10-,12-/m0/s1. The molecule has 4 rings (SSSR count). The van der Waals surface area contributed by atoms with Crippen LogP contribution in [0.2, 0.25) is 0 Å². The summed E-state index contributed by atoms with van der Waals surface area (Å²) >= 11 is 0. The molecular formula is C14H10F3N5O. The van der Waals surface area contributed by atoms with Gasteiger partial charge < -0.3 is 0 Å². The minimum atomic E-state index is -1.10. The van der Waals surface area contributed by atoms with Crippen LogP contribution in [0, 0.1) is 11.6 Å². The normalized spacial score (nSPS) is 20.1. The second-order valence-electron chi connectivity index (χ2n) is 5.42. The number of aromatic nitrogens is 5. The van der Waals surface area contributed by atoms with Gasteiger partial charge in [-0.25, -0.2) is 17.9 Å². The van der Waals surface area contributed by atoms with E-state index in [4.69, 9.17) is 0 Å². The summed E-state index contributed by atoms with van der Waals surface area (Å²) in [4.78, 5) is 12.2. The van der Waals surface area contributed by atoms with E-state index in [0.717, 1.165) is 16.8 Å². The van der Waals surface area contributed by atoms with Gasteiger partial charge in [0.05, 0.1) is 18.8 Å². The van der Waals surface area contributed by atoms with E-state index in [2.05, 4.69) is 15.4 Å². The van der Waals surface area contributed by atoms with E-state index < -0.39 is 29.4 Å². The highest BCUT2D eigenvalue weighted by molar-refractivity contribution is 5.71. The number of nitrogens with zero attached hydrogens (tertiary/aromatic N) is 5. The minimum Gasteiger partial charge on any atom is -0.265 e. The highest BCUT2D eigenvalue weighted by Crippen LogP contribution is 2.37. The van der Waals surface area contributed by atoms with Crippen molar-refractivity contribution in [3.8, 4) is 0 Å². The zero-order chi connectivity index (χ0) is 16.1. The number of hydrogen-bond donors (Lipinski definition) is 0. The lowest BCUT2D eigenvalue weighted by Gasteiger charge is -2.04. The van der Waals surface area contributed by atoms with Crippen molar-refractivity contribution in [2.45, 2.75) is 25.2 Å². The Morgan fingerprint density at radius 3 is 2.61 bits per heavy atom. The predicted molar refractivity (Wildman–Crippen MR) is 73.6 cm³/mol. The van der Waals surface area contributed by atoms with E-state index in [0.29, 0.717) is 0 Å². The van der Waals surface area contributed by atoms with Gasteiger partial charge in [0.15, 0.2) is 5.52 Å². The quantitative estimate of drug-likeness (QED) is 0.735. The molecule has 0 bridgehead atoms. The van der Waals surface area contributed by atoms with Crippen molar-refractivity contribution < 1.29 is 13.2 Å². The molecule has 23 heavy (non-hydrogen) atoms. The maximum atomic E-state index is 13.7. The Morgan fingerprint density at radius 1 is 1.26 bits per heavy atom. The zero-order valence-corrected chi connectivity index (χ0v) is 11.7. The summed E-state index contributed by atoms with van der Waals surface area (Å²) in [6.45, 7) is -0.191. The lowest BCUT2D eigenvalue weighted by atomic mass is 10.2. The molecule has 2 heterocycles. The molecule has 3 aromatic rings. The Labute approximate surface area is 127 Å². The highest BCUT2D eigenvalue weighted by Gasteiger charge is 2.41. The third kappa shape index (κ3) is 2.28. The molecule has 0 N–H and O–H groups in total. The van der Waals surface area contributed by atoms with E-state index in [-0.39, 0.29) is 29.6 Å². The summed E-state index contributed by atoms with van der Waals surface area (Å²) in [5.41, 5.74) is -0.539. The van der Waals surface area contributed by atoms with Gasteiger partial charge in [-0.05, 0) is 12.1 Å². The van der Waals surface area contributed by atoms with Crippen molar-refractivity contribution in [2.24, 2.45) is 0 Å². The monoisotopic (exact) mass is 321 g/mol. The second-order valence-corrected chi connectivity index (χ2v) is 5.42. The number of halogens is 3. The summed E-state index contributed by atoms with van der Waals surface area (Å²) in [7, 11) is 0. The molecular weight excluding hydrogens is 311 g/mol. The van der Waals surface area contributed by atoms with Gasteiger partial charge >= 0.3 is 0 Å². The molecule has 1 aliphatic carbocycles. The highest BCUT2D eigenvalue weighted by atomic mass is 19.1. The molecule has 2 atom stereocenters. The summed E-state index contributed by atoms with van der Waals surface area (Å²) in [5.74, 6) is -1.40. The molecule has 2 aromatic heterocycles. The third-order valence-corrected chi connectivity index (χ3v) is 3.78. The molecule has 1 fully saturated rings. The topological polar surface area (TPSA) is 65.6 Å². The van der Waals surface area contributed by atoms with Crippen LogP contribution in [0.3, 0.4) is 0 Å². The van der Waals surface area contributed by atoms with E-state index in [1.54, 1.807) is 0 Å². The fraction of sp³-hybridized carbons (Fsp3) is 0.286. The average molecular weight is 321 g/mol. The molecule has 0 saturated heterocycles. The van der Waals surface area contributed by atoms with Crippen molar-refractivity contribution in [1.29, 1.82) is 0 Å². The first-order valence-corrected chi connectivity index (χ1v) is 6.94. The van der Waals surface area contributed by atoms with E-state index >= 15 is 0 Å². The number of hydrogen-bond acceptors (Lipinski definition) is 4. The minimum absolute atomic E-state index is 0.00384. The largest absolute Gasteiger partial charge is 0.298 e. The van der Waals surface area contributed by atoms with Gasteiger partial charge in [-0.3, -0.25) is 9.48 Å². The molecule has 0 radical (unpaired) electrons. The fourth-order valence-electron chi connectivity index (χ4n) is 2.43. The molecule has 0 spiro atoms. The van der Waals surface area contributed by atoms with Crippen LogP contribution in [0.15, 0.2) is 29.2 Å². The van der Waals surface area contributed by atoms with E-state index in [9.17, 15) is 18.0 Å². The van der Waals surface area contributed by atoms with Crippen molar-refractivity contribution in [1.82, 2.24) is 24.8 Å². The SMILES string of the molecule is O=c1c2nn(Cc3c(F)cccc3F)cc2nnn1[C@H]1C[C@@H]1F. The maximum absolute atomic E-state index is 13.7. The van der Waals surface area contributed by atoms with Gasteiger partial charge in [0, 0.05) is 12.0 Å². The lowest BCUT2D eigenvalue weighted by Crippen LogP contribution is -2.24. The van der Waals surface area contributed by atoms with Crippen molar-refractivity contribution in [3.63, 3.8) is 0 Å². The molecule has 9 heteroatoms. The van der Waals surface area contributed by atoms with Gasteiger partial charge in [0.25, 0.3) is 5.56 Å².